The van der Waals surface area contributed by atoms with E-state index in [0.29, 0.717) is 23.8 Å². The summed E-state index contributed by atoms with van der Waals surface area (Å²) < 4.78 is 28.2. The fourth-order valence-corrected chi connectivity index (χ4v) is 2.58. The molecule has 1 heterocycles. The van der Waals surface area contributed by atoms with Gasteiger partial charge in [0.15, 0.2) is 15.7 Å². The highest BCUT2D eigenvalue weighted by atomic mass is 32.2. The molecule has 1 amide bonds. The average molecular weight is 351 g/mol. The number of carbonyl (C=O) groups excluding carboxylic acids is 1. The number of benzene rings is 1. The third kappa shape index (κ3) is 4.89. The lowest BCUT2D eigenvalue weighted by atomic mass is 9.96. The number of carbonyl (C=O) groups is 1. The number of sulfone groups is 1. The lowest BCUT2D eigenvalue weighted by Gasteiger charge is -2.10. The molecular formula is C16H21N3O4S. The zero-order valence-corrected chi connectivity index (χ0v) is 15.0. The van der Waals surface area contributed by atoms with Crippen LogP contribution in [0.1, 0.15) is 38.9 Å². The molecule has 130 valence electrons. The number of rotatable bonds is 5. The van der Waals surface area contributed by atoms with E-state index in [1.165, 1.54) is 12.1 Å². The van der Waals surface area contributed by atoms with Crippen LogP contribution in [-0.4, -0.2) is 30.7 Å². The van der Waals surface area contributed by atoms with Crippen LogP contribution in [0, 0.1) is 0 Å². The topological polar surface area (TPSA) is 102 Å². The van der Waals surface area contributed by atoms with Gasteiger partial charge in [0.25, 0.3) is 0 Å². The molecule has 1 aromatic carbocycles. The maximum Gasteiger partial charge on any atom is 0.227 e. The third-order valence-corrected chi connectivity index (χ3v) is 4.36. The number of nitrogens with one attached hydrogen (secondary N) is 1. The van der Waals surface area contributed by atoms with Crippen molar-refractivity contribution in [3.8, 4) is 0 Å². The van der Waals surface area contributed by atoms with E-state index in [1.54, 1.807) is 12.1 Å². The molecule has 0 spiro atoms. The standard InChI is InChI=1S/C16H21N3O4S/c1-16(2,3)15-18-14(23-19-15)9-8-13(20)17-11-6-5-7-12(10-11)24(4,21)22/h5-7,10H,8-9H2,1-4H3,(H,17,20). The molecular weight excluding hydrogens is 330 g/mol. The van der Waals surface area contributed by atoms with Crippen LogP contribution in [0.3, 0.4) is 0 Å². The maximum absolute atomic E-state index is 12.0. The van der Waals surface area contributed by atoms with E-state index in [2.05, 4.69) is 15.5 Å². The van der Waals surface area contributed by atoms with Crippen LogP contribution >= 0.6 is 0 Å². The summed E-state index contributed by atoms with van der Waals surface area (Å²) in [6, 6.07) is 6.13. The van der Waals surface area contributed by atoms with Crippen molar-refractivity contribution in [2.75, 3.05) is 11.6 Å². The Morgan fingerprint density at radius 3 is 2.58 bits per heavy atom. The molecule has 1 N–H and O–H groups in total. The molecule has 0 fully saturated rings. The van der Waals surface area contributed by atoms with Gasteiger partial charge in [-0.25, -0.2) is 8.42 Å². The van der Waals surface area contributed by atoms with E-state index in [0.717, 1.165) is 6.26 Å². The molecule has 2 rings (SSSR count). The number of anilines is 1. The van der Waals surface area contributed by atoms with Gasteiger partial charge in [0.1, 0.15) is 0 Å². The van der Waals surface area contributed by atoms with Gasteiger partial charge in [-0.1, -0.05) is 32.0 Å². The number of nitrogens with zero attached hydrogens (tertiary/aromatic N) is 2. The second kappa shape index (κ2) is 6.72. The minimum Gasteiger partial charge on any atom is -0.339 e. The second-order valence-corrected chi connectivity index (χ2v) is 8.63. The third-order valence-electron chi connectivity index (χ3n) is 3.25. The van der Waals surface area contributed by atoms with Gasteiger partial charge in [-0.15, -0.1) is 0 Å². The zero-order chi connectivity index (χ0) is 18.0. The highest BCUT2D eigenvalue weighted by Crippen LogP contribution is 2.19. The van der Waals surface area contributed by atoms with E-state index in [4.69, 9.17) is 4.52 Å². The first kappa shape index (κ1) is 18.1. The number of aromatic nitrogens is 2. The highest BCUT2D eigenvalue weighted by Gasteiger charge is 2.21. The normalized spacial score (nSPS) is 12.2. The molecule has 7 nitrogen and oxygen atoms in total. The first-order chi connectivity index (χ1) is 11.1. The molecule has 0 radical (unpaired) electrons. The maximum atomic E-state index is 12.0. The van der Waals surface area contributed by atoms with Crippen molar-refractivity contribution < 1.29 is 17.7 Å². The molecule has 0 bridgehead atoms. The van der Waals surface area contributed by atoms with Gasteiger partial charge in [0.05, 0.1) is 4.90 Å². The Morgan fingerprint density at radius 1 is 1.29 bits per heavy atom. The van der Waals surface area contributed by atoms with Gasteiger partial charge in [-0.3, -0.25) is 4.79 Å². The summed E-state index contributed by atoms with van der Waals surface area (Å²) >= 11 is 0. The predicted octanol–water partition coefficient (Wildman–Crippen LogP) is 2.34. The van der Waals surface area contributed by atoms with Crippen LogP contribution in [0.4, 0.5) is 5.69 Å². The molecule has 24 heavy (non-hydrogen) atoms. The minimum absolute atomic E-state index is 0.159. The van der Waals surface area contributed by atoms with E-state index < -0.39 is 9.84 Å². The van der Waals surface area contributed by atoms with Crippen molar-refractivity contribution in [2.45, 2.75) is 43.9 Å². The van der Waals surface area contributed by atoms with Crippen molar-refractivity contribution in [2.24, 2.45) is 0 Å². The number of hydrogen-bond acceptors (Lipinski definition) is 6. The summed E-state index contributed by atoms with van der Waals surface area (Å²) in [7, 11) is -3.31. The number of amides is 1. The Balaban J connectivity index is 1.96. The van der Waals surface area contributed by atoms with Crippen molar-refractivity contribution in [1.29, 1.82) is 0 Å². The fourth-order valence-electron chi connectivity index (χ4n) is 1.91. The van der Waals surface area contributed by atoms with E-state index in [9.17, 15) is 13.2 Å². The second-order valence-electron chi connectivity index (χ2n) is 6.61. The van der Waals surface area contributed by atoms with Gasteiger partial charge in [0.2, 0.25) is 11.8 Å². The summed E-state index contributed by atoms with van der Waals surface area (Å²) in [5, 5.41) is 6.57. The Labute approximate surface area is 141 Å². The molecule has 0 aliphatic rings. The van der Waals surface area contributed by atoms with Crippen LogP contribution in [0.15, 0.2) is 33.7 Å². The average Bonchev–Trinajstić information content (AvgIpc) is 2.93. The summed E-state index contributed by atoms with van der Waals surface area (Å²) in [5.41, 5.74) is 0.222. The fraction of sp³-hybridized carbons (Fsp3) is 0.438. The lowest BCUT2D eigenvalue weighted by molar-refractivity contribution is -0.116. The predicted molar refractivity (Wildman–Crippen MR) is 89.5 cm³/mol. The summed E-state index contributed by atoms with van der Waals surface area (Å²) in [5.74, 6) is 0.745. The molecule has 0 aliphatic heterocycles. The van der Waals surface area contributed by atoms with Crippen molar-refractivity contribution in [3.63, 3.8) is 0 Å². The van der Waals surface area contributed by atoms with Gasteiger partial charge in [0, 0.05) is 30.2 Å². The Kier molecular flexibility index (Phi) is 5.08. The molecule has 0 saturated carbocycles. The molecule has 2 aromatic rings. The Bertz CT molecular complexity index is 835. The smallest absolute Gasteiger partial charge is 0.227 e. The van der Waals surface area contributed by atoms with E-state index >= 15 is 0 Å². The molecule has 0 saturated heterocycles. The monoisotopic (exact) mass is 351 g/mol. The van der Waals surface area contributed by atoms with Crippen LogP contribution in [0.25, 0.3) is 0 Å². The van der Waals surface area contributed by atoms with Crippen LogP contribution in [-0.2, 0) is 26.5 Å². The van der Waals surface area contributed by atoms with Gasteiger partial charge in [-0.2, -0.15) is 4.98 Å². The quantitative estimate of drug-likeness (QED) is 0.887. The van der Waals surface area contributed by atoms with E-state index in [-0.39, 0.29) is 22.6 Å². The lowest BCUT2D eigenvalue weighted by Crippen LogP contribution is -2.14. The van der Waals surface area contributed by atoms with Crippen LogP contribution < -0.4 is 5.32 Å². The summed E-state index contributed by atoms with van der Waals surface area (Å²) in [6.07, 6.45) is 1.60. The molecule has 1 aromatic heterocycles. The first-order valence-electron chi connectivity index (χ1n) is 7.49. The van der Waals surface area contributed by atoms with Gasteiger partial charge >= 0.3 is 0 Å². The van der Waals surface area contributed by atoms with Crippen molar-refractivity contribution >= 4 is 21.4 Å². The summed E-state index contributed by atoms with van der Waals surface area (Å²) in [6.45, 7) is 5.93. The first-order valence-corrected chi connectivity index (χ1v) is 9.38. The van der Waals surface area contributed by atoms with E-state index in [1.807, 2.05) is 20.8 Å². The van der Waals surface area contributed by atoms with Gasteiger partial charge in [-0.05, 0) is 18.2 Å². The van der Waals surface area contributed by atoms with Crippen LogP contribution in [0.5, 0.6) is 0 Å². The van der Waals surface area contributed by atoms with Crippen LogP contribution in [0.2, 0.25) is 0 Å². The molecule has 0 atom stereocenters. The van der Waals surface area contributed by atoms with Crippen molar-refractivity contribution in [3.05, 3.63) is 36.0 Å². The van der Waals surface area contributed by atoms with Gasteiger partial charge < -0.3 is 9.84 Å². The number of hydrogen-bond donors (Lipinski definition) is 1. The molecule has 8 heteroatoms. The molecule has 0 unspecified atom stereocenters. The zero-order valence-electron chi connectivity index (χ0n) is 14.2. The highest BCUT2D eigenvalue weighted by molar-refractivity contribution is 7.90. The largest absolute Gasteiger partial charge is 0.339 e. The molecule has 0 aliphatic carbocycles. The Morgan fingerprint density at radius 2 is 2.00 bits per heavy atom. The SMILES string of the molecule is CC(C)(C)c1noc(CCC(=O)Nc2cccc(S(C)(=O)=O)c2)n1. The summed E-state index contributed by atoms with van der Waals surface area (Å²) in [4.78, 5) is 16.4. The van der Waals surface area contributed by atoms with Crippen molar-refractivity contribution in [1.82, 2.24) is 10.1 Å². The Hall–Kier alpha value is -2.22. The number of aryl methyl sites for hydroxylation is 1. The minimum atomic E-state index is -3.31.